The number of piperazine rings is 1. The third kappa shape index (κ3) is 6.95. The van der Waals surface area contributed by atoms with Crippen molar-refractivity contribution in [3.05, 3.63) is 54.2 Å². The van der Waals surface area contributed by atoms with Crippen molar-refractivity contribution in [3.8, 4) is 5.75 Å². The average molecular weight is 508 g/mol. The Morgan fingerprint density at radius 2 is 1.64 bits per heavy atom. The van der Waals surface area contributed by atoms with Crippen molar-refractivity contribution >= 4 is 46.5 Å². The van der Waals surface area contributed by atoms with Crippen LogP contribution in [0.25, 0.3) is 0 Å². The standard InChI is InChI=1S/C27H37N7OS/c1-19-18-28-26(31-25(19)29-20-7-9-21(10-8-20)32-36-27(2,3)4)30-23-12-11-22(17-24(23)35-6)34-15-13-33(5)14-16-34/h7-12,17-18,32H,13-16H2,1-6H3,(H2,28,29,30,31). The van der Waals surface area contributed by atoms with Crippen molar-refractivity contribution in [3.63, 3.8) is 0 Å². The number of anilines is 6. The van der Waals surface area contributed by atoms with Crippen LogP contribution in [0.2, 0.25) is 0 Å². The van der Waals surface area contributed by atoms with Crippen LogP contribution in [0.5, 0.6) is 5.75 Å². The number of methoxy groups -OCH3 is 1. The lowest BCUT2D eigenvalue weighted by Gasteiger charge is -2.34. The van der Waals surface area contributed by atoms with Crippen LogP contribution in [-0.4, -0.2) is 60.0 Å². The molecule has 2 heterocycles. The van der Waals surface area contributed by atoms with E-state index in [4.69, 9.17) is 9.72 Å². The van der Waals surface area contributed by atoms with E-state index >= 15 is 0 Å². The zero-order valence-electron chi connectivity index (χ0n) is 22.1. The third-order valence-corrected chi connectivity index (χ3v) is 6.84. The van der Waals surface area contributed by atoms with E-state index in [1.165, 1.54) is 0 Å². The molecule has 2 aromatic carbocycles. The Hall–Kier alpha value is -3.17. The van der Waals surface area contributed by atoms with E-state index in [-0.39, 0.29) is 4.75 Å². The highest BCUT2D eigenvalue weighted by Gasteiger charge is 2.16. The van der Waals surface area contributed by atoms with Crippen molar-refractivity contribution in [1.29, 1.82) is 0 Å². The van der Waals surface area contributed by atoms with Gasteiger partial charge in [-0.2, -0.15) is 4.98 Å². The van der Waals surface area contributed by atoms with Crippen LogP contribution >= 0.6 is 11.9 Å². The summed E-state index contributed by atoms with van der Waals surface area (Å²) in [6, 6.07) is 14.4. The molecule has 3 N–H and O–H groups in total. The van der Waals surface area contributed by atoms with Gasteiger partial charge in [-0.05, 0) is 83.1 Å². The Morgan fingerprint density at radius 3 is 2.31 bits per heavy atom. The van der Waals surface area contributed by atoms with E-state index in [9.17, 15) is 0 Å². The van der Waals surface area contributed by atoms with E-state index in [0.717, 1.165) is 66.1 Å². The second-order valence-corrected chi connectivity index (χ2v) is 11.7. The highest BCUT2D eigenvalue weighted by molar-refractivity contribution is 8.01. The van der Waals surface area contributed by atoms with E-state index in [2.05, 4.69) is 82.2 Å². The lowest BCUT2D eigenvalue weighted by Crippen LogP contribution is -2.44. The van der Waals surface area contributed by atoms with Crippen molar-refractivity contribution in [2.75, 3.05) is 60.6 Å². The molecule has 4 rings (SSSR count). The van der Waals surface area contributed by atoms with Crippen LogP contribution in [0.1, 0.15) is 26.3 Å². The minimum absolute atomic E-state index is 0.145. The SMILES string of the molecule is COc1cc(N2CCN(C)CC2)ccc1Nc1ncc(C)c(Nc2ccc(NSC(C)(C)C)cc2)n1. The summed E-state index contributed by atoms with van der Waals surface area (Å²) in [7, 11) is 3.85. The van der Waals surface area contributed by atoms with Crippen LogP contribution in [0.4, 0.5) is 34.5 Å². The van der Waals surface area contributed by atoms with Crippen LogP contribution in [0.15, 0.2) is 48.7 Å². The van der Waals surface area contributed by atoms with Gasteiger partial charge in [0.2, 0.25) is 5.95 Å². The fraction of sp³-hybridized carbons (Fsp3) is 0.407. The number of aryl methyl sites for hydroxylation is 1. The second-order valence-electron chi connectivity index (χ2n) is 10.0. The minimum atomic E-state index is 0.145. The summed E-state index contributed by atoms with van der Waals surface area (Å²) in [5, 5.41) is 6.74. The van der Waals surface area contributed by atoms with Crippen LogP contribution in [-0.2, 0) is 0 Å². The van der Waals surface area contributed by atoms with Gasteiger partial charge in [-0.3, -0.25) is 0 Å². The number of benzene rings is 2. The zero-order valence-corrected chi connectivity index (χ0v) is 22.9. The molecule has 0 spiro atoms. The van der Waals surface area contributed by atoms with Gasteiger partial charge in [-0.15, -0.1) is 0 Å². The molecule has 192 valence electrons. The summed E-state index contributed by atoms with van der Waals surface area (Å²) < 4.78 is 9.24. The first-order valence-corrected chi connectivity index (χ1v) is 13.0. The largest absolute Gasteiger partial charge is 0.494 e. The second kappa shape index (κ2) is 11.3. The molecule has 0 saturated carbocycles. The van der Waals surface area contributed by atoms with Crippen LogP contribution in [0.3, 0.4) is 0 Å². The quantitative estimate of drug-likeness (QED) is 0.323. The number of ether oxygens (including phenoxy) is 1. The number of hydrogen-bond acceptors (Lipinski definition) is 9. The lowest BCUT2D eigenvalue weighted by atomic mass is 10.2. The van der Waals surface area contributed by atoms with Crippen molar-refractivity contribution in [2.24, 2.45) is 0 Å². The van der Waals surface area contributed by atoms with E-state index in [0.29, 0.717) is 5.95 Å². The number of rotatable bonds is 8. The first-order chi connectivity index (χ1) is 17.2. The molecule has 1 saturated heterocycles. The topological polar surface area (TPSA) is 77.6 Å². The highest BCUT2D eigenvalue weighted by Crippen LogP contribution is 2.32. The summed E-state index contributed by atoms with van der Waals surface area (Å²) >= 11 is 1.70. The van der Waals surface area contributed by atoms with Crippen LogP contribution in [0, 0.1) is 6.92 Å². The molecule has 36 heavy (non-hydrogen) atoms. The Labute approximate surface area is 219 Å². The molecule has 0 radical (unpaired) electrons. The third-order valence-electron chi connectivity index (χ3n) is 5.89. The summed E-state index contributed by atoms with van der Waals surface area (Å²) in [4.78, 5) is 13.9. The lowest BCUT2D eigenvalue weighted by molar-refractivity contribution is 0.312. The van der Waals surface area contributed by atoms with E-state index in [1.54, 1.807) is 19.1 Å². The summed E-state index contributed by atoms with van der Waals surface area (Å²) in [6.45, 7) is 12.7. The Morgan fingerprint density at radius 1 is 0.944 bits per heavy atom. The molecule has 1 aliphatic heterocycles. The number of nitrogens with one attached hydrogen (secondary N) is 3. The number of nitrogens with zero attached hydrogens (tertiary/aromatic N) is 4. The molecule has 1 aliphatic rings. The minimum Gasteiger partial charge on any atom is -0.494 e. The predicted molar refractivity (Wildman–Crippen MR) is 153 cm³/mol. The predicted octanol–water partition coefficient (Wildman–Crippen LogP) is 5.89. The van der Waals surface area contributed by atoms with Gasteiger partial charge in [0, 0.05) is 65.8 Å². The summed E-state index contributed by atoms with van der Waals surface area (Å²) in [6.07, 6.45) is 1.82. The number of likely N-dealkylation sites (N-methyl/N-ethyl adjacent to an activating group) is 1. The first-order valence-electron chi connectivity index (χ1n) is 12.2. The maximum absolute atomic E-state index is 5.69. The molecular formula is C27H37N7OS. The van der Waals surface area contributed by atoms with Gasteiger partial charge in [-0.25, -0.2) is 4.98 Å². The summed E-state index contributed by atoms with van der Waals surface area (Å²) in [5.41, 5.74) is 4.98. The molecule has 1 aromatic heterocycles. The van der Waals surface area contributed by atoms with E-state index < -0.39 is 0 Å². The molecule has 0 atom stereocenters. The molecule has 0 bridgehead atoms. The van der Waals surface area contributed by atoms with Crippen LogP contribution < -0.4 is 25.0 Å². The number of hydrogen-bond donors (Lipinski definition) is 3. The Balaban J connectivity index is 1.45. The Bertz CT molecular complexity index is 1160. The first kappa shape index (κ1) is 25.9. The van der Waals surface area contributed by atoms with Gasteiger partial charge in [-0.1, -0.05) is 0 Å². The van der Waals surface area contributed by atoms with Gasteiger partial charge in [0.25, 0.3) is 0 Å². The molecule has 8 nitrogen and oxygen atoms in total. The normalized spacial score (nSPS) is 14.4. The zero-order chi connectivity index (χ0) is 25.7. The van der Waals surface area contributed by atoms with Gasteiger partial charge in [0.1, 0.15) is 11.6 Å². The summed E-state index contributed by atoms with van der Waals surface area (Å²) in [5.74, 6) is 2.03. The van der Waals surface area contributed by atoms with Crippen molar-refractivity contribution < 1.29 is 4.74 Å². The van der Waals surface area contributed by atoms with Crippen molar-refractivity contribution in [2.45, 2.75) is 32.4 Å². The fourth-order valence-electron chi connectivity index (χ4n) is 3.76. The smallest absolute Gasteiger partial charge is 0.229 e. The monoisotopic (exact) mass is 507 g/mol. The van der Waals surface area contributed by atoms with Gasteiger partial charge >= 0.3 is 0 Å². The maximum Gasteiger partial charge on any atom is 0.229 e. The van der Waals surface area contributed by atoms with Crippen molar-refractivity contribution in [1.82, 2.24) is 14.9 Å². The molecule has 0 aliphatic carbocycles. The molecule has 0 amide bonds. The van der Waals surface area contributed by atoms with Gasteiger partial charge < -0.3 is 29.9 Å². The van der Waals surface area contributed by atoms with Gasteiger partial charge in [0.15, 0.2) is 0 Å². The molecule has 1 fully saturated rings. The Kier molecular flexibility index (Phi) is 8.11. The molecular weight excluding hydrogens is 470 g/mol. The average Bonchev–Trinajstić information content (AvgIpc) is 2.86. The maximum atomic E-state index is 5.69. The van der Waals surface area contributed by atoms with E-state index in [1.807, 2.05) is 31.3 Å². The molecule has 3 aromatic rings. The molecule has 0 unspecified atom stereocenters. The molecule has 9 heteroatoms. The number of aromatic nitrogens is 2. The highest BCUT2D eigenvalue weighted by atomic mass is 32.2. The fourth-order valence-corrected chi connectivity index (χ4v) is 4.32. The van der Waals surface area contributed by atoms with Gasteiger partial charge in [0.05, 0.1) is 12.8 Å².